The first-order valence-corrected chi connectivity index (χ1v) is 10.8. The minimum atomic E-state index is 0.456. The van der Waals surface area contributed by atoms with E-state index in [-0.39, 0.29) is 0 Å². The summed E-state index contributed by atoms with van der Waals surface area (Å²) in [6, 6.07) is 13.8. The fourth-order valence-electron chi connectivity index (χ4n) is 3.30. The molecule has 3 aromatic heterocycles. The van der Waals surface area contributed by atoms with Crippen molar-refractivity contribution in [1.29, 1.82) is 0 Å². The van der Waals surface area contributed by atoms with E-state index >= 15 is 0 Å². The predicted octanol–water partition coefficient (Wildman–Crippen LogP) is 5.40. The van der Waals surface area contributed by atoms with Crippen LogP contribution in [-0.2, 0) is 11.3 Å². The second-order valence-electron chi connectivity index (χ2n) is 7.73. The van der Waals surface area contributed by atoms with Crippen LogP contribution in [-0.4, -0.2) is 33.9 Å². The Bertz CT molecular complexity index is 1090. The van der Waals surface area contributed by atoms with Crippen molar-refractivity contribution < 1.29 is 9.57 Å². The smallest absolute Gasteiger partial charge is 0.123 e. The molecule has 0 saturated carbocycles. The van der Waals surface area contributed by atoms with Gasteiger partial charge in [0, 0.05) is 29.2 Å². The molecule has 0 fully saturated rings. The van der Waals surface area contributed by atoms with Gasteiger partial charge in [0.1, 0.15) is 24.7 Å². The fourth-order valence-corrected chi connectivity index (χ4v) is 3.30. The van der Waals surface area contributed by atoms with Crippen LogP contribution in [0.2, 0.25) is 0 Å². The Morgan fingerprint density at radius 1 is 1.00 bits per heavy atom. The minimum absolute atomic E-state index is 0.456. The fraction of sp³-hybridized carbons (Fsp3) is 0.308. The number of oxime groups is 1. The first-order valence-electron chi connectivity index (χ1n) is 10.8. The number of ether oxygens (including phenoxy) is 1. The Hall–Kier alpha value is -3.54. The molecule has 3 heterocycles. The standard InChI is InChI=1S/C26H30N4O2/c1-6-12-31-23-16-20(4)28-26(17-23)24-11-7-9-22(29-24)10-8-13-32-30-21(5)25-15-18(2)14-19(3)27-25/h6-7,9,11,14-17H,1,8,10,12-13H2,2-5H3. The van der Waals surface area contributed by atoms with Crippen LogP contribution < -0.4 is 4.74 Å². The van der Waals surface area contributed by atoms with E-state index in [4.69, 9.17) is 14.6 Å². The number of pyridine rings is 3. The van der Waals surface area contributed by atoms with Gasteiger partial charge in [-0.1, -0.05) is 23.9 Å². The third-order valence-corrected chi connectivity index (χ3v) is 4.70. The van der Waals surface area contributed by atoms with E-state index < -0.39 is 0 Å². The van der Waals surface area contributed by atoms with Gasteiger partial charge >= 0.3 is 0 Å². The van der Waals surface area contributed by atoms with E-state index in [1.165, 1.54) is 0 Å². The average Bonchev–Trinajstić information content (AvgIpc) is 2.76. The summed E-state index contributed by atoms with van der Waals surface area (Å²) in [7, 11) is 0. The molecule has 6 nitrogen and oxygen atoms in total. The van der Waals surface area contributed by atoms with Gasteiger partial charge in [0.25, 0.3) is 0 Å². The quantitative estimate of drug-likeness (QED) is 0.186. The van der Waals surface area contributed by atoms with Crippen LogP contribution in [0, 0.1) is 20.8 Å². The molecule has 0 amide bonds. The normalized spacial score (nSPS) is 11.3. The highest BCUT2D eigenvalue weighted by atomic mass is 16.6. The van der Waals surface area contributed by atoms with Crippen molar-refractivity contribution in [1.82, 2.24) is 15.0 Å². The lowest BCUT2D eigenvalue weighted by Gasteiger charge is -2.09. The maximum absolute atomic E-state index is 5.67. The number of nitrogens with zero attached hydrogens (tertiary/aromatic N) is 4. The minimum Gasteiger partial charge on any atom is -0.489 e. The lowest BCUT2D eigenvalue weighted by Crippen LogP contribution is -2.03. The zero-order chi connectivity index (χ0) is 22.9. The maximum Gasteiger partial charge on any atom is 0.123 e. The van der Waals surface area contributed by atoms with Crippen LogP contribution in [0.25, 0.3) is 11.4 Å². The monoisotopic (exact) mass is 430 g/mol. The van der Waals surface area contributed by atoms with Gasteiger partial charge in [-0.2, -0.15) is 0 Å². The van der Waals surface area contributed by atoms with E-state index in [1.54, 1.807) is 6.08 Å². The van der Waals surface area contributed by atoms with Crippen molar-refractivity contribution in [3.63, 3.8) is 0 Å². The Labute approximate surface area is 190 Å². The molecule has 0 atom stereocenters. The molecule has 32 heavy (non-hydrogen) atoms. The van der Waals surface area contributed by atoms with Crippen LogP contribution in [0.5, 0.6) is 5.75 Å². The molecule has 0 saturated heterocycles. The molecule has 0 bridgehead atoms. The molecule has 0 aliphatic carbocycles. The second kappa shape index (κ2) is 11.2. The van der Waals surface area contributed by atoms with Gasteiger partial charge in [0.2, 0.25) is 0 Å². The molecule has 0 unspecified atom stereocenters. The number of hydrogen-bond donors (Lipinski definition) is 0. The SMILES string of the molecule is C=CCOc1cc(C)nc(-c2cccc(CCCON=C(C)c3cc(C)cc(C)n3)n2)c1. The lowest BCUT2D eigenvalue weighted by molar-refractivity contribution is 0.141. The van der Waals surface area contributed by atoms with E-state index in [2.05, 4.69) is 28.6 Å². The molecule has 0 N–H and O–H groups in total. The highest BCUT2D eigenvalue weighted by molar-refractivity contribution is 5.96. The molecule has 3 aromatic rings. The van der Waals surface area contributed by atoms with Crippen molar-refractivity contribution in [2.75, 3.05) is 13.2 Å². The topological polar surface area (TPSA) is 69.5 Å². The molecular weight excluding hydrogens is 400 g/mol. The second-order valence-corrected chi connectivity index (χ2v) is 7.73. The summed E-state index contributed by atoms with van der Waals surface area (Å²) in [5.41, 5.74) is 7.25. The average molecular weight is 431 g/mol. The van der Waals surface area contributed by atoms with Gasteiger partial charge < -0.3 is 9.57 Å². The van der Waals surface area contributed by atoms with Crippen molar-refractivity contribution in [2.45, 2.75) is 40.5 Å². The van der Waals surface area contributed by atoms with Gasteiger partial charge in [-0.05, 0) is 70.4 Å². The molecule has 0 aliphatic rings. The molecule has 0 aliphatic heterocycles. The third kappa shape index (κ3) is 6.74. The van der Waals surface area contributed by atoms with Crippen molar-refractivity contribution in [2.24, 2.45) is 5.16 Å². The first kappa shape index (κ1) is 23.1. The largest absolute Gasteiger partial charge is 0.489 e. The van der Waals surface area contributed by atoms with Crippen LogP contribution in [0.4, 0.5) is 0 Å². The van der Waals surface area contributed by atoms with Gasteiger partial charge in [0.05, 0.1) is 17.1 Å². The number of aryl methyl sites for hydroxylation is 4. The Kier molecular flexibility index (Phi) is 8.08. The van der Waals surface area contributed by atoms with Crippen LogP contribution in [0.15, 0.2) is 60.3 Å². The zero-order valence-corrected chi connectivity index (χ0v) is 19.3. The molecule has 0 aromatic carbocycles. The van der Waals surface area contributed by atoms with Gasteiger partial charge in [0.15, 0.2) is 0 Å². The summed E-state index contributed by atoms with van der Waals surface area (Å²) in [5, 5.41) is 4.22. The molecule has 3 rings (SSSR count). The summed E-state index contributed by atoms with van der Waals surface area (Å²) >= 11 is 0. The van der Waals surface area contributed by atoms with E-state index in [9.17, 15) is 0 Å². The number of rotatable bonds is 10. The summed E-state index contributed by atoms with van der Waals surface area (Å²) < 4.78 is 5.67. The Morgan fingerprint density at radius 3 is 2.59 bits per heavy atom. The molecule has 0 radical (unpaired) electrons. The van der Waals surface area contributed by atoms with Crippen LogP contribution >= 0.6 is 0 Å². The van der Waals surface area contributed by atoms with Crippen LogP contribution in [0.3, 0.4) is 0 Å². The summed E-state index contributed by atoms with van der Waals surface area (Å²) in [6.45, 7) is 12.5. The molecule has 0 spiro atoms. The summed E-state index contributed by atoms with van der Waals surface area (Å²) in [6.07, 6.45) is 3.32. The van der Waals surface area contributed by atoms with Crippen LogP contribution in [0.1, 0.15) is 41.7 Å². The molecule has 166 valence electrons. The van der Waals surface area contributed by atoms with Gasteiger partial charge in [-0.15, -0.1) is 0 Å². The number of aromatic nitrogens is 3. The number of hydrogen-bond acceptors (Lipinski definition) is 6. The molecule has 6 heteroatoms. The maximum atomic E-state index is 5.67. The highest BCUT2D eigenvalue weighted by Crippen LogP contribution is 2.22. The zero-order valence-electron chi connectivity index (χ0n) is 19.3. The Morgan fingerprint density at radius 2 is 1.81 bits per heavy atom. The van der Waals surface area contributed by atoms with Crippen molar-refractivity contribution >= 4 is 5.71 Å². The highest BCUT2D eigenvalue weighted by Gasteiger charge is 2.07. The van der Waals surface area contributed by atoms with Gasteiger partial charge in [-0.25, -0.2) is 0 Å². The van der Waals surface area contributed by atoms with Gasteiger partial charge in [-0.3, -0.25) is 15.0 Å². The Balaban J connectivity index is 1.57. The summed E-state index contributed by atoms with van der Waals surface area (Å²) in [4.78, 5) is 19.4. The first-order chi connectivity index (χ1) is 15.4. The van der Waals surface area contributed by atoms with Crippen molar-refractivity contribution in [3.8, 4) is 17.1 Å². The third-order valence-electron chi connectivity index (χ3n) is 4.70. The summed E-state index contributed by atoms with van der Waals surface area (Å²) in [5.74, 6) is 0.763. The van der Waals surface area contributed by atoms with E-state index in [0.717, 1.165) is 64.0 Å². The molecular formula is C26H30N4O2. The van der Waals surface area contributed by atoms with E-state index in [1.807, 2.05) is 63.2 Å². The lowest BCUT2D eigenvalue weighted by atomic mass is 10.1. The van der Waals surface area contributed by atoms with E-state index in [0.29, 0.717) is 13.2 Å². The predicted molar refractivity (Wildman–Crippen MR) is 128 cm³/mol. The van der Waals surface area contributed by atoms with Crippen molar-refractivity contribution in [3.05, 3.63) is 83.5 Å².